The normalized spacial score (nSPS) is 20.9. The minimum Gasteiger partial charge on any atom is -0.481 e. The second-order valence-corrected chi connectivity index (χ2v) is 11.8. The molecule has 1 unspecified atom stereocenters. The number of fused-ring (bicyclic) bond motifs is 1. The number of amides is 1. The van der Waals surface area contributed by atoms with Crippen molar-refractivity contribution in [1.29, 1.82) is 0 Å². The highest BCUT2D eigenvalue weighted by atomic mass is 35.5. The maximum Gasteiger partial charge on any atom is 0.306 e. The molecule has 2 fully saturated rings. The fourth-order valence-electron chi connectivity index (χ4n) is 6.07. The van der Waals surface area contributed by atoms with Gasteiger partial charge in [-0.1, -0.05) is 41.4 Å². The van der Waals surface area contributed by atoms with E-state index >= 15 is 0 Å². The predicted octanol–water partition coefficient (Wildman–Crippen LogP) is 5.92. The highest BCUT2D eigenvalue weighted by Crippen LogP contribution is 2.37. The Balaban J connectivity index is 1.36. The molecule has 2 aliphatic rings. The van der Waals surface area contributed by atoms with Crippen LogP contribution in [0.3, 0.4) is 0 Å². The van der Waals surface area contributed by atoms with Gasteiger partial charge in [-0.25, -0.2) is 4.90 Å². The number of para-hydroxylation sites is 1. The smallest absolute Gasteiger partial charge is 0.306 e. The van der Waals surface area contributed by atoms with Crippen LogP contribution in [0.25, 0.3) is 10.9 Å². The summed E-state index contributed by atoms with van der Waals surface area (Å²) in [5.41, 5.74) is 2.26. The zero-order valence-corrected chi connectivity index (χ0v) is 25.2. The summed E-state index contributed by atoms with van der Waals surface area (Å²) in [4.78, 5) is 45.3. The highest BCUT2D eigenvalue weighted by Gasteiger charge is 2.49. The number of aliphatic carboxylic acids is 1. The van der Waals surface area contributed by atoms with E-state index in [1.54, 1.807) is 25.4 Å². The third kappa shape index (κ3) is 5.94. The number of Topliss-reactive ketones (excluding diaryl/α,β-unsaturated/α-hetero) is 1. The third-order valence-corrected chi connectivity index (χ3v) is 9.11. The van der Waals surface area contributed by atoms with Crippen LogP contribution in [-0.2, 0) is 25.5 Å². The molecule has 1 saturated carbocycles. The molecule has 0 radical (unpaired) electrons. The van der Waals surface area contributed by atoms with E-state index in [0.29, 0.717) is 55.6 Å². The van der Waals surface area contributed by atoms with E-state index < -0.39 is 17.8 Å². The van der Waals surface area contributed by atoms with Gasteiger partial charge in [0, 0.05) is 55.8 Å². The van der Waals surface area contributed by atoms with Gasteiger partial charge in [0.1, 0.15) is 0 Å². The zero-order valence-electron chi connectivity index (χ0n) is 23.7. The van der Waals surface area contributed by atoms with Gasteiger partial charge in [0.25, 0.3) is 11.8 Å². The van der Waals surface area contributed by atoms with Crippen molar-refractivity contribution in [3.05, 3.63) is 63.8 Å². The quantitative estimate of drug-likeness (QED) is 0.272. The van der Waals surface area contributed by atoms with Gasteiger partial charge in [0.05, 0.1) is 28.3 Å². The number of anilines is 1. The van der Waals surface area contributed by atoms with Gasteiger partial charge in [-0.2, -0.15) is 0 Å². The predicted molar refractivity (Wildman–Crippen MR) is 161 cm³/mol. The van der Waals surface area contributed by atoms with Crippen LogP contribution in [0.1, 0.15) is 54.4 Å². The second-order valence-electron chi connectivity index (χ2n) is 11.0. The van der Waals surface area contributed by atoms with Gasteiger partial charge in [0.2, 0.25) is 5.78 Å². The Morgan fingerprint density at radius 1 is 1.07 bits per heavy atom. The van der Waals surface area contributed by atoms with Crippen molar-refractivity contribution in [2.45, 2.75) is 57.0 Å². The minimum absolute atomic E-state index is 0.103. The van der Waals surface area contributed by atoms with E-state index in [1.165, 1.54) is 12.0 Å². The molecule has 0 spiro atoms. The van der Waals surface area contributed by atoms with Crippen molar-refractivity contribution >= 4 is 57.5 Å². The molecule has 0 bridgehead atoms. The molecule has 42 heavy (non-hydrogen) atoms. The molecule has 1 amide bonds. The van der Waals surface area contributed by atoms with Crippen LogP contribution in [0.15, 0.2) is 42.6 Å². The first-order valence-electron chi connectivity index (χ1n) is 14.2. The fourth-order valence-corrected chi connectivity index (χ4v) is 6.60. The Bertz CT molecular complexity index is 1480. The molecule has 9 nitrogen and oxygen atoms in total. The molecule has 2 heterocycles. The van der Waals surface area contributed by atoms with E-state index in [2.05, 4.69) is 4.98 Å². The Morgan fingerprint density at radius 2 is 1.76 bits per heavy atom. The molecule has 2 aromatic carbocycles. The summed E-state index contributed by atoms with van der Waals surface area (Å²) in [6.07, 6.45) is 5.11. The molecule has 1 aliphatic carbocycles. The number of ether oxygens (including phenoxy) is 2. The lowest BCUT2D eigenvalue weighted by molar-refractivity contribution is -0.301. The molecule has 1 atom stereocenters. The van der Waals surface area contributed by atoms with Crippen molar-refractivity contribution in [3.8, 4) is 0 Å². The number of carboxylic acids is 1. The number of rotatable bonds is 10. The fraction of sp³-hybridized carbons (Fsp3) is 0.452. The number of H-pyrrole nitrogens is 1. The number of benzene rings is 2. The molecule has 3 aromatic rings. The van der Waals surface area contributed by atoms with Crippen LogP contribution in [-0.4, -0.2) is 71.9 Å². The number of hydrogen-bond acceptors (Lipinski definition) is 6. The Labute approximate surface area is 254 Å². The zero-order chi connectivity index (χ0) is 30.0. The van der Waals surface area contributed by atoms with Gasteiger partial charge in [0.15, 0.2) is 0 Å². The lowest BCUT2D eigenvalue weighted by Crippen LogP contribution is -2.59. The molecule has 2 N–H and O–H groups in total. The number of carboxylic acid groups (broad SMARTS) is 1. The van der Waals surface area contributed by atoms with E-state index in [0.717, 1.165) is 23.7 Å². The standard InChI is InChI=1S/C31H35Cl2N3O6/c1-35(29(38)23-18-34-26-8-4-3-7-22(23)26)27-17-24(32)20(15-25(27)33)16-28(37)31(41-2,36-13-5-6-14-36)42-21-11-9-19(10-12-21)30(39)40/h3-4,7-8,15,17-19,21,34H,5-6,9-14,16H2,1-2H3,(H,39,40). The van der Waals surface area contributed by atoms with Gasteiger partial charge in [-0.15, -0.1) is 0 Å². The summed E-state index contributed by atoms with van der Waals surface area (Å²) in [5.74, 6) is -3.39. The summed E-state index contributed by atoms with van der Waals surface area (Å²) < 4.78 is 12.3. The van der Waals surface area contributed by atoms with Crippen molar-refractivity contribution in [3.63, 3.8) is 0 Å². The molecule has 1 saturated heterocycles. The molecule has 1 aromatic heterocycles. The third-order valence-electron chi connectivity index (χ3n) is 8.45. The van der Waals surface area contributed by atoms with E-state index in [4.69, 9.17) is 32.7 Å². The molecule has 11 heteroatoms. The number of aromatic nitrogens is 1. The van der Waals surface area contributed by atoms with Gasteiger partial charge >= 0.3 is 5.97 Å². The van der Waals surface area contributed by atoms with Crippen LogP contribution < -0.4 is 4.90 Å². The summed E-state index contributed by atoms with van der Waals surface area (Å²) >= 11 is 13.4. The largest absolute Gasteiger partial charge is 0.481 e. The van der Waals surface area contributed by atoms with Gasteiger partial charge in [-0.05, 0) is 62.3 Å². The van der Waals surface area contributed by atoms with Crippen molar-refractivity contribution < 1.29 is 29.0 Å². The molecular formula is C31H35Cl2N3O6. The van der Waals surface area contributed by atoms with Crippen LogP contribution in [0, 0.1) is 5.92 Å². The summed E-state index contributed by atoms with van der Waals surface area (Å²) in [6, 6.07) is 10.7. The highest BCUT2D eigenvalue weighted by molar-refractivity contribution is 6.36. The van der Waals surface area contributed by atoms with E-state index in [9.17, 15) is 19.5 Å². The first-order chi connectivity index (χ1) is 20.1. The first-order valence-corrected chi connectivity index (χ1v) is 15.0. The molecule has 5 rings (SSSR count). The van der Waals surface area contributed by atoms with Gasteiger partial charge in [-0.3, -0.25) is 14.4 Å². The second kappa shape index (κ2) is 12.7. The number of nitrogens with one attached hydrogen (secondary N) is 1. The van der Waals surface area contributed by atoms with Crippen molar-refractivity contribution in [1.82, 2.24) is 9.88 Å². The average molecular weight is 617 g/mol. The molecule has 1 aliphatic heterocycles. The minimum atomic E-state index is -1.62. The number of halogens is 2. The lowest BCUT2D eigenvalue weighted by atomic mass is 9.87. The van der Waals surface area contributed by atoms with Crippen LogP contribution in [0.2, 0.25) is 10.0 Å². The van der Waals surface area contributed by atoms with E-state index in [-0.39, 0.29) is 34.3 Å². The van der Waals surface area contributed by atoms with Crippen molar-refractivity contribution in [2.24, 2.45) is 5.92 Å². The number of aromatic amines is 1. The Morgan fingerprint density at radius 3 is 2.43 bits per heavy atom. The SMILES string of the molecule is COC(OC1CCC(C(=O)O)CC1)(C(=O)Cc1cc(Cl)c(N(C)C(=O)c2c[nH]c3ccccc23)cc1Cl)N1CCCC1. The van der Waals surface area contributed by atoms with Crippen LogP contribution >= 0.6 is 23.2 Å². The number of ketones is 1. The number of carbonyl (C=O) groups is 3. The maximum absolute atomic E-state index is 14.0. The monoisotopic (exact) mass is 615 g/mol. The number of likely N-dealkylation sites (tertiary alicyclic amines) is 1. The summed E-state index contributed by atoms with van der Waals surface area (Å²) in [6.45, 7) is 1.27. The number of hydrogen-bond donors (Lipinski definition) is 2. The number of carbonyl (C=O) groups excluding carboxylic acids is 2. The maximum atomic E-state index is 14.0. The number of nitrogens with zero attached hydrogens (tertiary/aromatic N) is 2. The van der Waals surface area contributed by atoms with Crippen molar-refractivity contribution in [2.75, 3.05) is 32.1 Å². The average Bonchev–Trinajstić information content (AvgIpc) is 3.68. The van der Waals surface area contributed by atoms with Gasteiger partial charge < -0.3 is 24.5 Å². The lowest BCUT2D eigenvalue weighted by Gasteiger charge is -2.42. The molecule has 224 valence electrons. The number of methoxy groups -OCH3 is 1. The molecular weight excluding hydrogens is 581 g/mol. The van der Waals surface area contributed by atoms with Crippen LogP contribution in [0.5, 0.6) is 0 Å². The van der Waals surface area contributed by atoms with Crippen LogP contribution in [0.4, 0.5) is 5.69 Å². The first kappa shape index (κ1) is 30.5. The summed E-state index contributed by atoms with van der Waals surface area (Å²) in [7, 11) is 3.09. The topological polar surface area (TPSA) is 112 Å². The summed E-state index contributed by atoms with van der Waals surface area (Å²) in [5, 5.41) is 10.7. The Kier molecular flexibility index (Phi) is 9.25. The van der Waals surface area contributed by atoms with E-state index in [1.807, 2.05) is 29.2 Å². The Hall–Kier alpha value is -2.95.